The highest BCUT2D eigenvalue weighted by molar-refractivity contribution is 5.34. The first-order chi connectivity index (χ1) is 8.93. The lowest BCUT2D eigenvalue weighted by molar-refractivity contribution is -0.138. The van der Waals surface area contributed by atoms with Gasteiger partial charge < -0.3 is 5.32 Å². The molecule has 0 aliphatic heterocycles. The molecule has 19 heavy (non-hydrogen) atoms. The molecule has 0 aromatic heterocycles. The van der Waals surface area contributed by atoms with E-state index in [1.165, 1.54) is 0 Å². The topological polar surface area (TPSA) is 12.0 Å². The molecular weight excluding hydrogens is 258 g/mol. The molecule has 1 aliphatic carbocycles. The summed E-state index contributed by atoms with van der Waals surface area (Å²) >= 11 is 0. The maximum absolute atomic E-state index is 13.3. The standard InChI is InChI=1S/C14H17F4N/c1-2-7-19-13(9-3-4-9)11-8-10(15)5-6-12(11)14(16,17)18/h5-6,8-9,13,19H,2-4,7H2,1H3. The van der Waals surface area contributed by atoms with E-state index >= 15 is 0 Å². The number of alkyl halides is 3. The van der Waals surface area contributed by atoms with Crippen molar-refractivity contribution in [3.05, 3.63) is 35.1 Å². The van der Waals surface area contributed by atoms with Crippen LogP contribution in [0.1, 0.15) is 43.4 Å². The Morgan fingerprint density at radius 2 is 2.00 bits per heavy atom. The Hall–Kier alpha value is -1.10. The van der Waals surface area contributed by atoms with Gasteiger partial charge in [0.1, 0.15) is 5.82 Å². The molecule has 0 bridgehead atoms. The van der Waals surface area contributed by atoms with Crippen LogP contribution in [0.4, 0.5) is 17.6 Å². The number of benzene rings is 1. The Balaban J connectivity index is 2.36. The molecule has 1 saturated carbocycles. The van der Waals surface area contributed by atoms with Gasteiger partial charge in [0.2, 0.25) is 0 Å². The van der Waals surface area contributed by atoms with Crippen molar-refractivity contribution < 1.29 is 17.6 Å². The van der Waals surface area contributed by atoms with Gasteiger partial charge in [0.15, 0.2) is 0 Å². The average molecular weight is 275 g/mol. The molecule has 0 amide bonds. The summed E-state index contributed by atoms with van der Waals surface area (Å²) in [6, 6.07) is 2.34. The highest BCUT2D eigenvalue weighted by Gasteiger charge is 2.39. The normalized spacial score (nSPS) is 17.5. The summed E-state index contributed by atoms with van der Waals surface area (Å²) in [6.45, 7) is 2.59. The molecule has 1 unspecified atom stereocenters. The average Bonchev–Trinajstić information content (AvgIpc) is 3.12. The predicted octanol–water partition coefficient (Wildman–Crippen LogP) is 4.30. The zero-order chi connectivity index (χ0) is 14.0. The highest BCUT2D eigenvalue weighted by Crippen LogP contribution is 2.45. The third-order valence-corrected chi connectivity index (χ3v) is 3.36. The SMILES string of the molecule is CCCNC(c1cc(F)ccc1C(F)(F)F)C1CC1. The van der Waals surface area contributed by atoms with Gasteiger partial charge in [0, 0.05) is 6.04 Å². The van der Waals surface area contributed by atoms with Crippen LogP contribution in [-0.4, -0.2) is 6.54 Å². The number of hydrogen-bond donors (Lipinski definition) is 1. The van der Waals surface area contributed by atoms with E-state index in [0.29, 0.717) is 6.54 Å². The second kappa shape index (κ2) is 5.49. The highest BCUT2D eigenvalue weighted by atomic mass is 19.4. The van der Waals surface area contributed by atoms with Crippen molar-refractivity contribution in [2.24, 2.45) is 5.92 Å². The Morgan fingerprint density at radius 1 is 1.32 bits per heavy atom. The second-order valence-electron chi connectivity index (χ2n) is 5.00. The molecule has 1 atom stereocenters. The van der Waals surface area contributed by atoms with Crippen LogP contribution < -0.4 is 5.32 Å². The van der Waals surface area contributed by atoms with Gasteiger partial charge in [-0.15, -0.1) is 0 Å². The number of hydrogen-bond acceptors (Lipinski definition) is 1. The van der Waals surface area contributed by atoms with Crippen LogP contribution >= 0.6 is 0 Å². The molecule has 106 valence electrons. The molecule has 0 saturated heterocycles. The van der Waals surface area contributed by atoms with E-state index in [0.717, 1.165) is 37.5 Å². The van der Waals surface area contributed by atoms with E-state index in [4.69, 9.17) is 0 Å². The molecule has 1 N–H and O–H groups in total. The van der Waals surface area contributed by atoms with E-state index in [1.54, 1.807) is 0 Å². The van der Waals surface area contributed by atoms with Crippen LogP contribution in [0.25, 0.3) is 0 Å². The summed E-state index contributed by atoms with van der Waals surface area (Å²) in [5.74, 6) is -0.429. The first-order valence-electron chi connectivity index (χ1n) is 6.53. The summed E-state index contributed by atoms with van der Waals surface area (Å²) in [7, 11) is 0. The van der Waals surface area contributed by atoms with Crippen molar-refractivity contribution in [3.8, 4) is 0 Å². The lowest BCUT2D eigenvalue weighted by atomic mass is 9.96. The third-order valence-electron chi connectivity index (χ3n) is 3.36. The van der Waals surface area contributed by atoms with Crippen LogP contribution in [0.5, 0.6) is 0 Å². The van der Waals surface area contributed by atoms with Gasteiger partial charge in [0.25, 0.3) is 0 Å². The Bertz CT molecular complexity index is 438. The van der Waals surface area contributed by atoms with Gasteiger partial charge in [0.05, 0.1) is 5.56 Å². The molecule has 1 aromatic rings. The summed E-state index contributed by atoms with van der Waals surface area (Å²) in [5, 5.41) is 3.12. The van der Waals surface area contributed by atoms with Gasteiger partial charge in [-0.3, -0.25) is 0 Å². The molecule has 0 spiro atoms. The molecule has 1 aromatic carbocycles. The number of nitrogens with one attached hydrogen (secondary N) is 1. The fourth-order valence-corrected chi connectivity index (χ4v) is 2.31. The first-order valence-corrected chi connectivity index (χ1v) is 6.53. The van der Waals surface area contributed by atoms with Crippen molar-refractivity contribution in [2.75, 3.05) is 6.54 Å². The van der Waals surface area contributed by atoms with Crippen molar-refractivity contribution in [1.82, 2.24) is 5.32 Å². The fourth-order valence-electron chi connectivity index (χ4n) is 2.31. The summed E-state index contributed by atoms with van der Waals surface area (Å²) in [4.78, 5) is 0. The molecule has 0 heterocycles. The predicted molar refractivity (Wildman–Crippen MR) is 65.2 cm³/mol. The van der Waals surface area contributed by atoms with E-state index in [-0.39, 0.29) is 11.5 Å². The quantitative estimate of drug-likeness (QED) is 0.790. The minimum Gasteiger partial charge on any atom is -0.310 e. The molecule has 5 heteroatoms. The summed E-state index contributed by atoms with van der Waals surface area (Å²) in [6.07, 6.45) is -1.81. The molecule has 1 nitrogen and oxygen atoms in total. The van der Waals surface area contributed by atoms with Crippen LogP contribution in [0.2, 0.25) is 0 Å². The van der Waals surface area contributed by atoms with Crippen LogP contribution in [-0.2, 0) is 6.18 Å². The van der Waals surface area contributed by atoms with Gasteiger partial charge in [-0.05, 0) is 55.5 Å². The molecule has 1 aliphatic rings. The minimum atomic E-state index is -4.44. The van der Waals surface area contributed by atoms with Crippen LogP contribution in [0, 0.1) is 11.7 Å². The molecular formula is C14H17F4N. The van der Waals surface area contributed by atoms with E-state index in [9.17, 15) is 17.6 Å². The Morgan fingerprint density at radius 3 is 2.53 bits per heavy atom. The first kappa shape index (κ1) is 14.3. The largest absolute Gasteiger partial charge is 0.416 e. The summed E-state index contributed by atoms with van der Waals surface area (Å²) in [5.41, 5.74) is -0.683. The Kier molecular flexibility index (Phi) is 4.13. The van der Waals surface area contributed by atoms with E-state index in [1.807, 2.05) is 6.92 Å². The maximum Gasteiger partial charge on any atom is 0.416 e. The van der Waals surface area contributed by atoms with Crippen molar-refractivity contribution in [3.63, 3.8) is 0 Å². The van der Waals surface area contributed by atoms with Crippen molar-refractivity contribution in [2.45, 2.75) is 38.4 Å². The van der Waals surface area contributed by atoms with Crippen LogP contribution in [0.3, 0.4) is 0 Å². The zero-order valence-electron chi connectivity index (χ0n) is 10.7. The Labute approximate surface area is 110 Å². The zero-order valence-corrected chi connectivity index (χ0v) is 10.7. The fraction of sp³-hybridized carbons (Fsp3) is 0.571. The van der Waals surface area contributed by atoms with E-state index < -0.39 is 23.6 Å². The maximum atomic E-state index is 13.3. The van der Waals surface area contributed by atoms with Crippen molar-refractivity contribution >= 4 is 0 Å². The number of halogens is 4. The summed E-state index contributed by atoms with van der Waals surface area (Å²) < 4.78 is 52.3. The lowest BCUT2D eigenvalue weighted by Gasteiger charge is -2.22. The van der Waals surface area contributed by atoms with Crippen LogP contribution in [0.15, 0.2) is 18.2 Å². The monoisotopic (exact) mass is 275 g/mol. The van der Waals surface area contributed by atoms with Gasteiger partial charge in [-0.1, -0.05) is 6.92 Å². The molecule has 2 rings (SSSR count). The third kappa shape index (κ3) is 3.47. The second-order valence-corrected chi connectivity index (χ2v) is 5.00. The lowest BCUT2D eigenvalue weighted by Crippen LogP contribution is -2.26. The van der Waals surface area contributed by atoms with Gasteiger partial charge >= 0.3 is 6.18 Å². The number of rotatable bonds is 5. The smallest absolute Gasteiger partial charge is 0.310 e. The van der Waals surface area contributed by atoms with Crippen molar-refractivity contribution in [1.29, 1.82) is 0 Å². The minimum absolute atomic E-state index is 0.0449. The molecule has 0 radical (unpaired) electrons. The molecule has 1 fully saturated rings. The van der Waals surface area contributed by atoms with E-state index in [2.05, 4.69) is 5.32 Å². The van der Waals surface area contributed by atoms with Gasteiger partial charge in [-0.2, -0.15) is 13.2 Å². The van der Waals surface area contributed by atoms with Gasteiger partial charge in [-0.25, -0.2) is 4.39 Å².